The van der Waals surface area contributed by atoms with Crippen molar-refractivity contribution < 1.29 is 14.3 Å². The number of esters is 1. The minimum absolute atomic E-state index is 0.00399. The van der Waals surface area contributed by atoms with Gasteiger partial charge in [-0.1, -0.05) is 108 Å². The van der Waals surface area contributed by atoms with Crippen LogP contribution in [0.5, 0.6) is 0 Å². The minimum atomic E-state index is -0.183. The van der Waals surface area contributed by atoms with Gasteiger partial charge in [0.1, 0.15) is 6.10 Å². The van der Waals surface area contributed by atoms with E-state index < -0.39 is 0 Å². The number of ether oxygens (including phenoxy) is 1. The van der Waals surface area contributed by atoms with Gasteiger partial charge in [-0.2, -0.15) is 0 Å². The van der Waals surface area contributed by atoms with E-state index in [0.717, 1.165) is 38.5 Å². The Bertz CT molecular complexity index is 1340. The first kappa shape index (κ1) is 29.6. The quantitative estimate of drug-likeness (QED) is 0.188. The zero-order valence-corrected chi connectivity index (χ0v) is 27.1. The van der Waals surface area contributed by atoms with Crippen LogP contribution >= 0.6 is 15.9 Å². The van der Waals surface area contributed by atoms with Crippen molar-refractivity contribution in [2.24, 2.45) is 40.4 Å². The lowest BCUT2D eigenvalue weighted by molar-refractivity contribution is -0.167. The molecule has 0 aliphatic heterocycles. The van der Waals surface area contributed by atoms with Crippen LogP contribution in [-0.2, 0) is 14.3 Å². The molecule has 4 aliphatic carbocycles. The Balaban J connectivity index is 1.29. The molecule has 0 aromatic heterocycles. The van der Waals surface area contributed by atoms with Gasteiger partial charge in [-0.05, 0) is 103 Å². The molecule has 2 aromatic carbocycles. The Morgan fingerprint density at radius 1 is 0.881 bits per heavy atom. The summed E-state index contributed by atoms with van der Waals surface area (Å²) in [7, 11) is 0. The van der Waals surface area contributed by atoms with Crippen molar-refractivity contribution in [3.05, 3.63) is 89.5 Å². The van der Waals surface area contributed by atoms with Gasteiger partial charge in [0, 0.05) is 12.8 Å². The van der Waals surface area contributed by atoms with E-state index in [1.807, 2.05) is 0 Å². The number of ketones is 1. The van der Waals surface area contributed by atoms with Crippen LogP contribution in [0.15, 0.2) is 78.4 Å². The Morgan fingerprint density at radius 3 is 2.14 bits per heavy atom. The first-order valence-electron chi connectivity index (χ1n) is 16.0. The van der Waals surface area contributed by atoms with Gasteiger partial charge in [0.2, 0.25) is 0 Å². The van der Waals surface area contributed by atoms with Gasteiger partial charge in [-0.3, -0.25) is 9.59 Å². The topological polar surface area (TPSA) is 43.4 Å². The number of Topliss-reactive ketones (excluding diaryl/α,β-unsaturated/α-hetero) is 1. The molecule has 2 aromatic rings. The number of hydrogen-bond acceptors (Lipinski definition) is 3. The third kappa shape index (κ3) is 4.96. The fourth-order valence-corrected chi connectivity index (χ4v) is 10.9. The number of fused-ring (bicyclic) bond motifs is 5. The smallest absolute Gasteiger partial charge is 0.302 e. The van der Waals surface area contributed by atoms with E-state index >= 15 is 0 Å². The molecule has 0 radical (unpaired) electrons. The molecule has 6 rings (SSSR count). The second kappa shape index (κ2) is 11.6. The standard InChI is InChI=1S/C38H45BrO3/c1-24(15-17-30(26-11-7-5-8-12-26)27-13-9-6-10-14-27)32-19-20-33-31-18-16-28-23-29(42-25(2)40)21-22-37(28,3)34(31)35(41)36(39)38(32,33)4/h5-15,17,28-29,31-34,36H,16,18-23H2,1-4H3. The molecular formula is C38H45BrO3. The van der Waals surface area contributed by atoms with Gasteiger partial charge in [0.05, 0.1) is 4.83 Å². The summed E-state index contributed by atoms with van der Waals surface area (Å²) in [5.41, 5.74) is 4.93. The van der Waals surface area contributed by atoms with Crippen LogP contribution in [-0.4, -0.2) is 22.7 Å². The molecule has 0 amide bonds. The average Bonchev–Trinajstić information content (AvgIpc) is 3.35. The van der Waals surface area contributed by atoms with Crippen molar-refractivity contribution in [1.29, 1.82) is 0 Å². The number of hydrogen-bond donors (Lipinski definition) is 0. The monoisotopic (exact) mass is 628 g/mol. The van der Waals surface area contributed by atoms with Crippen LogP contribution in [0.1, 0.15) is 83.8 Å². The molecule has 9 atom stereocenters. The molecule has 0 heterocycles. The fraction of sp³-hybridized carbons (Fsp3) is 0.526. The largest absolute Gasteiger partial charge is 0.463 e. The molecule has 4 fully saturated rings. The van der Waals surface area contributed by atoms with E-state index in [4.69, 9.17) is 4.74 Å². The molecule has 0 N–H and O–H groups in total. The number of carbonyl (C=O) groups excluding carboxylic acids is 2. The lowest BCUT2D eigenvalue weighted by Gasteiger charge is -2.61. The van der Waals surface area contributed by atoms with Crippen molar-refractivity contribution in [3.8, 4) is 0 Å². The lowest BCUT2D eigenvalue weighted by atomic mass is 9.44. The van der Waals surface area contributed by atoms with E-state index in [9.17, 15) is 9.59 Å². The van der Waals surface area contributed by atoms with Crippen molar-refractivity contribution in [2.45, 2.75) is 83.6 Å². The predicted molar refractivity (Wildman–Crippen MR) is 173 cm³/mol. The lowest BCUT2D eigenvalue weighted by Crippen LogP contribution is -2.62. The summed E-state index contributed by atoms with van der Waals surface area (Å²) < 4.78 is 5.65. The molecule has 42 heavy (non-hydrogen) atoms. The van der Waals surface area contributed by atoms with Crippen molar-refractivity contribution >= 4 is 33.3 Å². The summed E-state index contributed by atoms with van der Waals surface area (Å²) in [6, 6.07) is 21.3. The Kier molecular flexibility index (Phi) is 8.15. The van der Waals surface area contributed by atoms with Gasteiger partial charge in [-0.25, -0.2) is 0 Å². The van der Waals surface area contributed by atoms with E-state index in [1.54, 1.807) is 0 Å². The SMILES string of the molecule is CC(=O)OC1CCC2(C)C(CCC3C2C(=O)C(Br)C2(C)C(C(C)=CC=C(c4ccccc4)c4ccccc4)CCC32)C1. The number of rotatable bonds is 5. The Labute approximate surface area is 260 Å². The molecule has 9 unspecified atom stereocenters. The highest BCUT2D eigenvalue weighted by molar-refractivity contribution is 9.10. The van der Waals surface area contributed by atoms with Crippen LogP contribution in [0.4, 0.5) is 0 Å². The predicted octanol–water partition coefficient (Wildman–Crippen LogP) is 9.21. The maximum atomic E-state index is 14.5. The number of allylic oxidation sites excluding steroid dienone is 3. The average molecular weight is 630 g/mol. The summed E-state index contributed by atoms with van der Waals surface area (Å²) in [4.78, 5) is 26.0. The summed E-state index contributed by atoms with van der Waals surface area (Å²) in [5.74, 6) is 2.14. The Hall–Kier alpha value is -2.46. The molecular weight excluding hydrogens is 584 g/mol. The molecule has 222 valence electrons. The van der Waals surface area contributed by atoms with Crippen LogP contribution in [0.2, 0.25) is 0 Å². The minimum Gasteiger partial charge on any atom is -0.463 e. The maximum Gasteiger partial charge on any atom is 0.302 e. The first-order chi connectivity index (χ1) is 20.1. The van der Waals surface area contributed by atoms with Crippen LogP contribution in [0.25, 0.3) is 5.57 Å². The summed E-state index contributed by atoms with van der Waals surface area (Å²) in [6.07, 6.45) is 12.0. The third-order valence-corrected chi connectivity index (χ3v) is 13.4. The zero-order chi connectivity index (χ0) is 29.6. The van der Waals surface area contributed by atoms with Gasteiger partial charge in [0.25, 0.3) is 0 Å². The van der Waals surface area contributed by atoms with Gasteiger partial charge in [-0.15, -0.1) is 0 Å². The normalized spacial score (nSPS) is 37.7. The molecule has 4 heteroatoms. The van der Waals surface area contributed by atoms with Crippen molar-refractivity contribution in [2.75, 3.05) is 0 Å². The maximum absolute atomic E-state index is 14.5. The van der Waals surface area contributed by atoms with Gasteiger partial charge in [0.15, 0.2) is 5.78 Å². The van der Waals surface area contributed by atoms with Crippen LogP contribution < -0.4 is 0 Å². The second-order valence-corrected chi connectivity index (χ2v) is 14.9. The van der Waals surface area contributed by atoms with Crippen LogP contribution in [0.3, 0.4) is 0 Å². The molecule has 3 nitrogen and oxygen atoms in total. The third-order valence-electron chi connectivity index (χ3n) is 12.0. The molecule has 4 aliphatic rings. The van der Waals surface area contributed by atoms with Crippen molar-refractivity contribution in [3.63, 3.8) is 0 Å². The van der Waals surface area contributed by atoms with E-state index in [0.29, 0.717) is 29.5 Å². The molecule has 0 bridgehead atoms. The highest BCUT2D eigenvalue weighted by Gasteiger charge is 2.66. The number of benzene rings is 2. The van der Waals surface area contributed by atoms with Crippen molar-refractivity contribution in [1.82, 2.24) is 0 Å². The van der Waals surface area contributed by atoms with Gasteiger partial charge >= 0.3 is 5.97 Å². The summed E-state index contributed by atoms with van der Waals surface area (Å²) in [6.45, 7) is 8.59. The van der Waals surface area contributed by atoms with E-state index in [-0.39, 0.29) is 33.6 Å². The summed E-state index contributed by atoms with van der Waals surface area (Å²) in [5, 5.41) is 0. The van der Waals surface area contributed by atoms with E-state index in [2.05, 4.69) is 110 Å². The highest BCUT2D eigenvalue weighted by Crippen LogP contribution is 2.68. The zero-order valence-electron chi connectivity index (χ0n) is 25.5. The molecule has 0 saturated heterocycles. The van der Waals surface area contributed by atoms with Gasteiger partial charge < -0.3 is 4.74 Å². The molecule has 4 saturated carbocycles. The summed E-state index contributed by atoms with van der Waals surface area (Å²) >= 11 is 4.06. The number of alkyl halides is 1. The van der Waals surface area contributed by atoms with E-state index in [1.165, 1.54) is 35.6 Å². The Morgan fingerprint density at radius 2 is 1.52 bits per heavy atom. The highest BCUT2D eigenvalue weighted by atomic mass is 79.9. The number of carbonyl (C=O) groups is 2. The van der Waals surface area contributed by atoms with Crippen LogP contribution in [0, 0.1) is 40.4 Å². The number of halogens is 1. The fourth-order valence-electron chi connectivity index (χ4n) is 9.97. The first-order valence-corrected chi connectivity index (χ1v) is 16.9. The second-order valence-electron chi connectivity index (χ2n) is 14.0. The molecule has 0 spiro atoms.